The van der Waals surface area contributed by atoms with Crippen molar-refractivity contribution in [3.8, 4) is 0 Å². The highest BCUT2D eigenvalue weighted by atomic mass is 16.3. The van der Waals surface area contributed by atoms with Crippen LogP contribution < -0.4 is 5.32 Å². The first kappa shape index (κ1) is 18.4. The van der Waals surface area contributed by atoms with E-state index in [1.54, 1.807) is 6.20 Å². The summed E-state index contributed by atoms with van der Waals surface area (Å²) in [7, 11) is 0. The second-order valence-electron chi connectivity index (χ2n) is 7.41. The number of nitrogens with zero attached hydrogens (tertiary/aromatic N) is 2. The normalized spacial score (nSPS) is 16.5. The molecule has 0 unspecified atom stereocenters. The number of anilines is 1. The van der Waals surface area contributed by atoms with Crippen molar-refractivity contribution in [1.82, 2.24) is 9.88 Å². The lowest BCUT2D eigenvalue weighted by Gasteiger charge is -2.38. The Bertz CT molecular complexity index is 721. The van der Waals surface area contributed by atoms with Crippen LogP contribution in [0.3, 0.4) is 0 Å². The molecule has 5 nitrogen and oxygen atoms in total. The topological polar surface area (TPSA) is 65.5 Å². The molecule has 5 heteroatoms. The highest BCUT2D eigenvalue weighted by molar-refractivity contribution is 5.94. The number of carbonyl (C=O) groups is 1. The zero-order chi connectivity index (χ0) is 18.6. The number of rotatable bonds is 5. The third kappa shape index (κ3) is 4.61. The Balaban J connectivity index is 1.58. The predicted molar refractivity (Wildman–Crippen MR) is 103 cm³/mol. The number of aliphatic hydroxyl groups is 1. The van der Waals surface area contributed by atoms with E-state index >= 15 is 0 Å². The van der Waals surface area contributed by atoms with E-state index in [-0.39, 0.29) is 5.91 Å². The largest absolute Gasteiger partial charge is 0.389 e. The molecule has 1 amide bonds. The Kier molecular flexibility index (Phi) is 5.57. The first-order chi connectivity index (χ1) is 12.5. The van der Waals surface area contributed by atoms with Crippen molar-refractivity contribution in [2.75, 3.05) is 18.4 Å². The monoisotopic (exact) mass is 353 g/mol. The summed E-state index contributed by atoms with van der Waals surface area (Å²) in [6, 6.07) is 14.0. The van der Waals surface area contributed by atoms with Gasteiger partial charge in [-0.25, -0.2) is 4.98 Å². The Morgan fingerprint density at radius 1 is 1.19 bits per heavy atom. The minimum Gasteiger partial charge on any atom is -0.389 e. The summed E-state index contributed by atoms with van der Waals surface area (Å²) in [5.41, 5.74) is 0.988. The molecule has 1 aromatic heterocycles. The third-order valence-corrected chi connectivity index (χ3v) is 4.80. The Morgan fingerprint density at radius 3 is 2.46 bits per heavy atom. The number of likely N-dealkylation sites (tertiary alicyclic amines) is 1. The summed E-state index contributed by atoms with van der Waals surface area (Å²) in [4.78, 5) is 18.8. The Morgan fingerprint density at radius 2 is 1.88 bits per heavy atom. The van der Waals surface area contributed by atoms with Crippen molar-refractivity contribution in [3.05, 3.63) is 59.8 Å². The molecule has 2 N–H and O–H groups in total. The maximum atomic E-state index is 12.7. The zero-order valence-electron chi connectivity index (χ0n) is 15.5. The van der Waals surface area contributed by atoms with Crippen molar-refractivity contribution in [1.29, 1.82) is 0 Å². The molecule has 1 aromatic carbocycles. The van der Waals surface area contributed by atoms with Crippen LogP contribution in [0, 0.1) is 0 Å². The molecule has 1 aliphatic rings. The van der Waals surface area contributed by atoms with Gasteiger partial charge in [-0.05, 0) is 44.4 Å². The van der Waals surface area contributed by atoms with Crippen molar-refractivity contribution < 1.29 is 9.90 Å². The van der Waals surface area contributed by atoms with Crippen molar-refractivity contribution in [2.45, 2.75) is 44.8 Å². The van der Waals surface area contributed by atoms with Gasteiger partial charge in [0, 0.05) is 31.7 Å². The van der Waals surface area contributed by atoms with E-state index in [1.165, 1.54) is 0 Å². The average Bonchev–Trinajstić information content (AvgIpc) is 2.62. The maximum absolute atomic E-state index is 12.7. The molecule has 0 aliphatic carbocycles. The number of hydrogen-bond donors (Lipinski definition) is 2. The molecule has 1 fully saturated rings. The average molecular weight is 353 g/mol. The third-order valence-electron chi connectivity index (χ3n) is 4.80. The van der Waals surface area contributed by atoms with Crippen LogP contribution in [-0.4, -0.2) is 45.6 Å². The van der Waals surface area contributed by atoms with E-state index in [0.29, 0.717) is 44.0 Å². The minimum absolute atomic E-state index is 0.0182. The summed E-state index contributed by atoms with van der Waals surface area (Å²) >= 11 is 0. The van der Waals surface area contributed by atoms with Crippen LogP contribution in [0.15, 0.2) is 48.7 Å². The van der Waals surface area contributed by atoms with Crippen molar-refractivity contribution in [3.63, 3.8) is 0 Å². The summed E-state index contributed by atoms with van der Waals surface area (Å²) in [5.74, 6) is 0.753. The van der Waals surface area contributed by atoms with Gasteiger partial charge in [-0.15, -0.1) is 0 Å². The quantitative estimate of drug-likeness (QED) is 0.867. The van der Waals surface area contributed by atoms with Gasteiger partial charge in [-0.3, -0.25) is 4.79 Å². The number of amides is 1. The van der Waals surface area contributed by atoms with Crippen LogP contribution in [-0.2, 0) is 6.42 Å². The van der Waals surface area contributed by atoms with E-state index < -0.39 is 5.60 Å². The molecule has 0 bridgehead atoms. The molecule has 1 saturated heterocycles. The van der Waals surface area contributed by atoms with Gasteiger partial charge in [-0.1, -0.05) is 30.3 Å². The lowest BCUT2D eigenvalue weighted by molar-refractivity contribution is -0.0162. The van der Waals surface area contributed by atoms with Crippen LogP contribution in [0.1, 0.15) is 42.6 Å². The summed E-state index contributed by atoms with van der Waals surface area (Å²) in [5, 5.41) is 14.1. The molecule has 138 valence electrons. The SMILES string of the molecule is CC(C)Nc1ccc(C(=O)N2CCC(O)(Cc3ccccc3)CC2)cn1. The van der Waals surface area contributed by atoms with E-state index in [2.05, 4.69) is 10.3 Å². The van der Waals surface area contributed by atoms with Gasteiger partial charge in [-0.2, -0.15) is 0 Å². The van der Waals surface area contributed by atoms with Gasteiger partial charge in [0.15, 0.2) is 0 Å². The van der Waals surface area contributed by atoms with Gasteiger partial charge in [0.25, 0.3) is 5.91 Å². The highest BCUT2D eigenvalue weighted by Crippen LogP contribution is 2.27. The predicted octanol–water partition coefficient (Wildman–Crippen LogP) is 3.11. The summed E-state index contributed by atoms with van der Waals surface area (Å²) in [6.07, 6.45) is 3.44. The van der Waals surface area contributed by atoms with Crippen molar-refractivity contribution in [2.24, 2.45) is 0 Å². The van der Waals surface area contributed by atoms with Crippen molar-refractivity contribution >= 4 is 11.7 Å². The fourth-order valence-electron chi connectivity index (χ4n) is 3.36. The maximum Gasteiger partial charge on any atom is 0.255 e. The molecular formula is C21H27N3O2. The molecule has 3 rings (SSSR count). The van der Waals surface area contributed by atoms with Crippen LogP contribution in [0.4, 0.5) is 5.82 Å². The number of aromatic nitrogens is 1. The molecule has 0 atom stereocenters. The highest BCUT2D eigenvalue weighted by Gasteiger charge is 2.34. The molecule has 1 aliphatic heterocycles. The number of hydrogen-bond acceptors (Lipinski definition) is 4. The molecule has 0 radical (unpaired) electrons. The number of nitrogens with one attached hydrogen (secondary N) is 1. The first-order valence-corrected chi connectivity index (χ1v) is 9.23. The fraction of sp³-hybridized carbons (Fsp3) is 0.429. The molecular weight excluding hydrogens is 326 g/mol. The van der Waals surface area contributed by atoms with Gasteiger partial charge in [0.2, 0.25) is 0 Å². The first-order valence-electron chi connectivity index (χ1n) is 9.23. The van der Waals surface area contributed by atoms with E-state index in [0.717, 1.165) is 11.4 Å². The summed E-state index contributed by atoms with van der Waals surface area (Å²) < 4.78 is 0. The fourth-order valence-corrected chi connectivity index (χ4v) is 3.36. The van der Waals surface area contributed by atoms with Crippen LogP contribution in [0.2, 0.25) is 0 Å². The second-order valence-corrected chi connectivity index (χ2v) is 7.41. The molecule has 2 heterocycles. The zero-order valence-corrected chi connectivity index (χ0v) is 15.5. The molecule has 26 heavy (non-hydrogen) atoms. The number of benzene rings is 1. The second kappa shape index (κ2) is 7.87. The van der Waals surface area contributed by atoms with Crippen LogP contribution in [0.25, 0.3) is 0 Å². The molecule has 2 aromatic rings. The van der Waals surface area contributed by atoms with E-state index in [4.69, 9.17) is 0 Å². The van der Waals surface area contributed by atoms with E-state index in [1.807, 2.05) is 61.2 Å². The molecule has 0 saturated carbocycles. The van der Waals surface area contributed by atoms with Gasteiger partial charge < -0.3 is 15.3 Å². The van der Waals surface area contributed by atoms with Gasteiger partial charge in [0.1, 0.15) is 5.82 Å². The molecule has 0 spiro atoms. The van der Waals surface area contributed by atoms with Gasteiger partial charge >= 0.3 is 0 Å². The minimum atomic E-state index is -0.735. The standard InChI is InChI=1S/C21H27N3O2/c1-16(2)23-19-9-8-18(15-22-19)20(25)24-12-10-21(26,11-13-24)14-17-6-4-3-5-7-17/h3-9,15-16,26H,10-14H2,1-2H3,(H,22,23). The lowest BCUT2D eigenvalue weighted by atomic mass is 9.85. The Hall–Kier alpha value is -2.40. The number of pyridine rings is 1. The van der Waals surface area contributed by atoms with Gasteiger partial charge in [0.05, 0.1) is 11.2 Å². The van der Waals surface area contributed by atoms with Crippen LogP contribution in [0.5, 0.6) is 0 Å². The smallest absolute Gasteiger partial charge is 0.255 e. The number of piperidine rings is 1. The van der Waals surface area contributed by atoms with Crippen LogP contribution >= 0.6 is 0 Å². The Labute approximate surface area is 155 Å². The van der Waals surface area contributed by atoms with E-state index in [9.17, 15) is 9.90 Å². The summed E-state index contributed by atoms with van der Waals surface area (Å²) in [6.45, 7) is 5.22. The number of carbonyl (C=O) groups excluding carboxylic acids is 1. The lowest BCUT2D eigenvalue weighted by Crippen LogP contribution is -2.47.